The van der Waals surface area contributed by atoms with Crippen molar-refractivity contribution >= 4 is 0 Å². The standard InChI is InChI=1S/C16H21N3O2/c1-17-16(9-3-2-4-10-16)11-14-18-15(19-21-14)12-5-7-13(20)8-6-12/h5-8,17,20H,2-4,9-11H2,1H3. The number of rotatable bonds is 4. The molecular formula is C16H21N3O2. The van der Waals surface area contributed by atoms with Gasteiger partial charge in [-0.2, -0.15) is 4.98 Å². The van der Waals surface area contributed by atoms with Crippen molar-refractivity contribution in [2.75, 3.05) is 7.05 Å². The summed E-state index contributed by atoms with van der Waals surface area (Å²) in [6.45, 7) is 0. The second-order valence-electron chi connectivity index (χ2n) is 5.83. The van der Waals surface area contributed by atoms with Crippen LogP contribution < -0.4 is 5.32 Å². The molecule has 0 saturated heterocycles. The number of phenols is 1. The highest BCUT2D eigenvalue weighted by atomic mass is 16.5. The van der Waals surface area contributed by atoms with Crippen LogP contribution in [0.3, 0.4) is 0 Å². The quantitative estimate of drug-likeness (QED) is 0.904. The Kier molecular flexibility index (Phi) is 3.92. The van der Waals surface area contributed by atoms with E-state index in [0.29, 0.717) is 11.7 Å². The van der Waals surface area contributed by atoms with Gasteiger partial charge in [-0.05, 0) is 44.2 Å². The van der Waals surface area contributed by atoms with E-state index in [9.17, 15) is 5.11 Å². The van der Waals surface area contributed by atoms with Crippen molar-refractivity contribution in [2.45, 2.75) is 44.1 Å². The van der Waals surface area contributed by atoms with E-state index in [2.05, 4.69) is 15.5 Å². The maximum absolute atomic E-state index is 9.32. The van der Waals surface area contributed by atoms with E-state index < -0.39 is 0 Å². The third kappa shape index (κ3) is 3.08. The minimum absolute atomic E-state index is 0.0943. The highest BCUT2D eigenvalue weighted by Crippen LogP contribution is 2.31. The summed E-state index contributed by atoms with van der Waals surface area (Å²) in [6.07, 6.45) is 6.89. The molecule has 1 aliphatic rings. The Labute approximate surface area is 124 Å². The average Bonchev–Trinajstić information content (AvgIpc) is 2.97. The largest absolute Gasteiger partial charge is 0.508 e. The van der Waals surface area contributed by atoms with Gasteiger partial charge in [0.1, 0.15) is 5.75 Å². The van der Waals surface area contributed by atoms with Crippen LogP contribution in [-0.4, -0.2) is 27.8 Å². The molecule has 5 heteroatoms. The molecule has 2 N–H and O–H groups in total. The van der Waals surface area contributed by atoms with E-state index in [1.165, 1.54) is 19.3 Å². The van der Waals surface area contributed by atoms with Crippen molar-refractivity contribution < 1.29 is 9.63 Å². The van der Waals surface area contributed by atoms with Gasteiger partial charge in [0.15, 0.2) is 0 Å². The fraction of sp³-hybridized carbons (Fsp3) is 0.500. The molecule has 0 radical (unpaired) electrons. The van der Waals surface area contributed by atoms with Gasteiger partial charge in [0.25, 0.3) is 0 Å². The Morgan fingerprint density at radius 2 is 1.90 bits per heavy atom. The predicted octanol–water partition coefficient (Wildman–Crippen LogP) is 2.91. The van der Waals surface area contributed by atoms with Crippen LogP contribution in [0, 0.1) is 0 Å². The third-order valence-corrected chi connectivity index (χ3v) is 4.42. The second kappa shape index (κ2) is 5.85. The average molecular weight is 287 g/mol. The van der Waals surface area contributed by atoms with Crippen LogP contribution in [0.1, 0.15) is 38.0 Å². The molecule has 2 aromatic rings. The number of aromatic nitrogens is 2. The molecule has 112 valence electrons. The van der Waals surface area contributed by atoms with Gasteiger partial charge in [0, 0.05) is 17.5 Å². The topological polar surface area (TPSA) is 71.2 Å². The molecule has 1 aromatic heterocycles. The number of likely N-dealkylation sites (N-methyl/N-ethyl adjacent to an activating group) is 1. The smallest absolute Gasteiger partial charge is 0.228 e. The van der Waals surface area contributed by atoms with Crippen LogP contribution in [0.5, 0.6) is 5.75 Å². The normalized spacial score (nSPS) is 17.8. The Morgan fingerprint density at radius 3 is 2.57 bits per heavy atom. The molecule has 1 heterocycles. The molecule has 0 amide bonds. The van der Waals surface area contributed by atoms with E-state index in [4.69, 9.17) is 4.52 Å². The molecular weight excluding hydrogens is 266 g/mol. The number of nitrogens with zero attached hydrogens (tertiary/aromatic N) is 2. The summed E-state index contributed by atoms with van der Waals surface area (Å²) >= 11 is 0. The van der Waals surface area contributed by atoms with E-state index in [-0.39, 0.29) is 11.3 Å². The Balaban J connectivity index is 1.76. The number of phenolic OH excluding ortho intramolecular Hbond substituents is 1. The number of nitrogens with one attached hydrogen (secondary N) is 1. The zero-order valence-electron chi connectivity index (χ0n) is 12.3. The van der Waals surface area contributed by atoms with Crippen LogP contribution in [0.4, 0.5) is 0 Å². The maximum atomic E-state index is 9.32. The van der Waals surface area contributed by atoms with Gasteiger partial charge in [-0.1, -0.05) is 24.4 Å². The van der Waals surface area contributed by atoms with Gasteiger partial charge >= 0.3 is 0 Å². The van der Waals surface area contributed by atoms with E-state index in [1.54, 1.807) is 24.3 Å². The summed E-state index contributed by atoms with van der Waals surface area (Å²) in [7, 11) is 2.02. The first kappa shape index (κ1) is 14.1. The van der Waals surface area contributed by atoms with Crippen LogP contribution in [0.2, 0.25) is 0 Å². The maximum Gasteiger partial charge on any atom is 0.228 e. The molecule has 0 atom stereocenters. The molecule has 0 spiro atoms. The van der Waals surface area contributed by atoms with Crippen LogP contribution in [0.25, 0.3) is 11.4 Å². The summed E-state index contributed by atoms with van der Waals surface area (Å²) in [5.74, 6) is 1.49. The molecule has 1 fully saturated rings. The highest BCUT2D eigenvalue weighted by molar-refractivity contribution is 5.55. The minimum atomic E-state index is 0.0943. The van der Waals surface area contributed by atoms with E-state index >= 15 is 0 Å². The van der Waals surface area contributed by atoms with Crippen molar-refractivity contribution in [1.29, 1.82) is 0 Å². The first-order valence-electron chi connectivity index (χ1n) is 7.52. The van der Waals surface area contributed by atoms with Gasteiger partial charge in [-0.3, -0.25) is 0 Å². The number of benzene rings is 1. The minimum Gasteiger partial charge on any atom is -0.508 e. The lowest BCUT2D eigenvalue weighted by Crippen LogP contribution is -2.46. The molecule has 1 saturated carbocycles. The molecule has 1 aliphatic carbocycles. The van der Waals surface area contributed by atoms with Gasteiger partial charge in [-0.25, -0.2) is 0 Å². The van der Waals surface area contributed by atoms with Crippen molar-refractivity contribution in [3.8, 4) is 17.1 Å². The number of hydrogen-bond acceptors (Lipinski definition) is 5. The fourth-order valence-corrected chi connectivity index (χ4v) is 3.09. The van der Waals surface area contributed by atoms with Crippen molar-refractivity contribution in [3.63, 3.8) is 0 Å². The Morgan fingerprint density at radius 1 is 1.19 bits per heavy atom. The summed E-state index contributed by atoms with van der Waals surface area (Å²) in [4.78, 5) is 4.50. The van der Waals surface area contributed by atoms with Gasteiger partial charge < -0.3 is 14.9 Å². The summed E-state index contributed by atoms with van der Waals surface area (Å²) in [5.41, 5.74) is 0.946. The number of hydrogen-bond donors (Lipinski definition) is 2. The molecule has 0 bridgehead atoms. The van der Waals surface area contributed by atoms with Crippen molar-refractivity contribution in [1.82, 2.24) is 15.5 Å². The lowest BCUT2D eigenvalue weighted by Gasteiger charge is -2.36. The zero-order chi connectivity index (χ0) is 14.7. The highest BCUT2D eigenvalue weighted by Gasteiger charge is 2.32. The lowest BCUT2D eigenvalue weighted by molar-refractivity contribution is 0.221. The number of aromatic hydroxyl groups is 1. The van der Waals surface area contributed by atoms with Crippen LogP contribution in [0.15, 0.2) is 28.8 Å². The van der Waals surface area contributed by atoms with E-state index in [1.807, 2.05) is 7.05 Å². The first-order chi connectivity index (χ1) is 10.2. The Bertz CT molecular complexity index is 586. The summed E-state index contributed by atoms with van der Waals surface area (Å²) < 4.78 is 5.42. The molecule has 1 aromatic carbocycles. The summed E-state index contributed by atoms with van der Waals surface area (Å²) in [6, 6.07) is 6.83. The second-order valence-corrected chi connectivity index (χ2v) is 5.83. The molecule has 0 aliphatic heterocycles. The molecule has 0 unspecified atom stereocenters. The molecule has 21 heavy (non-hydrogen) atoms. The van der Waals surface area contributed by atoms with Crippen molar-refractivity contribution in [2.24, 2.45) is 0 Å². The van der Waals surface area contributed by atoms with Gasteiger partial charge in [0.05, 0.1) is 0 Å². The van der Waals surface area contributed by atoms with Gasteiger partial charge in [-0.15, -0.1) is 0 Å². The molecule has 5 nitrogen and oxygen atoms in total. The summed E-state index contributed by atoms with van der Waals surface area (Å²) in [5, 5.41) is 16.8. The van der Waals surface area contributed by atoms with E-state index in [0.717, 1.165) is 24.8 Å². The fourth-order valence-electron chi connectivity index (χ4n) is 3.09. The Hall–Kier alpha value is -1.88. The van der Waals surface area contributed by atoms with Crippen molar-refractivity contribution in [3.05, 3.63) is 30.2 Å². The monoisotopic (exact) mass is 287 g/mol. The van der Waals surface area contributed by atoms with Crippen LogP contribution in [-0.2, 0) is 6.42 Å². The predicted molar refractivity (Wildman–Crippen MR) is 80.0 cm³/mol. The lowest BCUT2D eigenvalue weighted by atomic mass is 9.79. The van der Waals surface area contributed by atoms with Crippen LogP contribution >= 0.6 is 0 Å². The molecule has 3 rings (SSSR count). The SMILES string of the molecule is CNC1(Cc2nc(-c3ccc(O)cc3)no2)CCCCC1. The zero-order valence-corrected chi connectivity index (χ0v) is 12.3. The first-order valence-corrected chi connectivity index (χ1v) is 7.52. The third-order valence-electron chi connectivity index (χ3n) is 4.42. The van der Waals surface area contributed by atoms with Gasteiger partial charge in [0.2, 0.25) is 11.7 Å².